The van der Waals surface area contributed by atoms with E-state index in [1.165, 1.54) is 12.8 Å². The van der Waals surface area contributed by atoms with Gasteiger partial charge in [-0.05, 0) is 50.3 Å². The minimum atomic E-state index is -3.61. The average Bonchev–Trinajstić information content (AvgIpc) is 3.62. The minimum Gasteiger partial charge on any atom is -0.323 e. The third kappa shape index (κ3) is 5.85. The fraction of sp³-hybridized carbons (Fsp3) is 0.417. The first-order valence-electron chi connectivity index (χ1n) is 11.8. The highest BCUT2D eigenvalue weighted by Gasteiger charge is 2.33. The van der Waals surface area contributed by atoms with Crippen LogP contribution in [0.1, 0.15) is 49.5 Å². The standard InChI is InChI=1S/C24H28N8O2S/c25-14-17-12-18(32-35(33,34)19-4-2-1-3-5-19)8-9-20(17)27-15-24-26-11-10-22(29-24)28-23-13-21(30-31-23)16-6-7-16/h1-5,10-11,13,16-18,20,27,32H,6-9,12,15H2,(H2,26,28,29,30,31)/t17-,18+,20+/m0/s1. The van der Waals surface area contributed by atoms with Crippen LogP contribution in [0.15, 0.2) is 53.6 Å². The first-order valence-corrected chi connectivity index (χ1v) is 13.3. The van der Waals surface area contributed by atoms with Gasteiger partial charge in [-0.15, -0.1) is 0 Å². The van der Waals surface area contributed by atoms with E-state index in [0.29, 0.717) is 43.4 Å². The summed E-state index contributed by atoms with van der Waals surface area (Å²) in [7, 11) is -3.61. The summed E-state index contributed by atoms with van der Waals surface area (Å²) < 4.78 is 28.1. The van der Waals surface area contributed by atoms with Crippen LogP contribution < -0.4 is 15.4 Å². The number of aromatic nitrogens is 4. The molecule has 0 radical (unpaired) electrons. The molecule has 5 rings (SSSR count). The SMILES string of the molecule is N#C[C@@H]1C[C@H](NS(=O)(=O)c2ccccc2)CC[C@H]1NCc1nccc(Nc2cc(C3CC3)[nH]n2)n1. The van der Waals surface area contributed by atoms with E-state index in [1.54, 1.807) is 42.6 Å². The minimum absolute atomic E-state index is 0.0647. The Hall–Kier alpha value is -3.33. The van der Waals surface area contributed by atoms with Crippen molar-refractivity contribution in [2.75, 3.05) is 5.32 Å². The summed E-state index contributed by atoms with van der Waals surface area (Å²) >= 11 is 0. The number of benzene rings is 1. The molecule has 11 heteroatoms. The van der Waals surface area contributed by atoms with Crippen LogP contribution in [0.25, 0.3) is 0 Å². The molecule has 0 amide bonds. The highest BCUT2D eigenvalue weighted by atomic mass is 32.2. The number of sulfonamides is 1. The van der Waals surface area contributed by atoms with Gasteiger partial charge < -0.3 is 10.6 Å². The van der Waals surface area contributed by atoms with Crippen molar-refractivity contribution in [2.24, 2.45) is 5.92 Å². The van der Waals surface area contributed by atoms with Crippen molar-refractivity contribution < 1.29 is 8.42 Å². The van der Waals surface area contributed by atoms with Gasteiger partial charge in [0.15, 0.2) is 5.82 Å². The Kier molecular flexibility index (Phi) is 6.77. The van der Waals surface area contributed by atoms with Crippen LogP contribution >= 0.6 is 0 Å². The van der Waals surface area contributed by atoms with Crippen molar-refractivity contribution in [3.05, 3.63) is 60.2 Å². The number of aromatic amines is 1. The van der Waals surface area contributed by atoms with E-state index >= 15 is 0 Å². The maximum Gasteiger partial charge on any atom is 0.240 e. The molecular formula is C24H28N8O2S. The van der Waals surface area contributed by atoms with Crippen molar-refractivity contribution in [3.63, 3.8) is 0 Å². The van der Waals surface area contributed by atoms with Gasteiger partial charge in [0.1, 0.15) is 11.6 Å². The average molecular weight is 493 g/mol. The topological polar surface area (TPSA) is 148 Å². The Balaban J connectivity index is 1.15. The second-order valence-corrected chi connectivity index (χ2v) is 10.8. The summed E-state index contributed by atoms with van der Waals surface area (Å²) in [6.07, 6.45) is 5.87. The van der Waals surface area contributed by atoms with E-state index in [9.17, 15) is 13.7 Å². The first-order chi connectivity index (χ1) is 17.0. The molecule has 3 atom stereocenters. The summed E-state index contributed by atoms with van der Waals surface area (Å²) in [5.41, 5.74) is 1.15. The zero-order valence-corrected chi connectivity index (χ0v) is 20.0. The maximum atomic E-state index is 12.6. The van der Waals surface area contributed by atoms with Crippen LogP contribution in [0.5, 0.6) is 0 Å². The third-order valence-corrected chi connectivity index (χ3v) is 8.03. The van der Waals surface area contributed by atoms with E-state index in [-0.39, 0.29) is 22.9 Å². The molecule has 0 aliphatic heterocycles. The molecule has 2 heterocycles. The van der Waals surface area contributed by atoms with Gasteiger partial charge in [-0.3, -0.25) is 5.10 Å². The van der Waals surface area contributed by atoms with Crippen LogP contribution in [-0.4, -0.2) is 40.7 Å². The van der Waals surface area contributed by atoms with Crippen molar-refractivity contribution in [1.82, 2.24) is 30.2 Å². The zero-order chi connectivity index (χ0) is 24.3. The van der Waals surface area contributed by atoms with Crippen LogP contribution in [0, 0.1) is 17.2 Å². The van der Waals surface area contributed by atoms with Gasteiger partial charge >= 0.3 is 0 Å². The quantitative estimate of drug-likeness (QED) is 0.356. The van der Waals surface area contributed by atoms with E-state index in [4.69, 9.17) is 0 Å². The van der Waals surface area contributed by atoms with Gasteiger partial charge in [0, 0.05) is 36.0 Å². The number of hydrogen-bond donors (Lipinski definition) is 4. The van der Waals surface area contributed by atoms with Gasteiger partial charge in [-0.25, -0.2) is 23.1 Å². The molecule has 1 aromatic carbocycles. The summed E-state index contributed by atoms with van der Waals surface area (Å²) in [5.74, 6) is 2.27. The molecule has 3 aromatic rings. The molecule has 0 saturated heterocycles. The van der Waals surface area contributed by atoms with Gasteiger partial charge in [-0.2, -0.15) is 10.4 Å². The fourth-order valence-electron chi connectivity index (χ4n) is 4.46. The second-order valence-electron chi connectivity index (χ2n) is 9.13. The van der Waals surface area contributed by atoms with E-state index in [2.05, 4.69) is 41.6 Å². The Morgan fingerprint density at radius 3 is 2.69 bits per heavy atom. The Labute approximate surface area is 204 Å². The molecule has 10 nitrogen and oxygen atoms in total. The molecule has 2 saturated carbocycles. The highest BCUT2D eigenvalue weighted by Crippen LogP contribution is 2.39. The molecule has 2 aliphatic rings. The fourth-order valence-corrected chi connectivity index (χ4v) is 5.77. The monoisotopic (exact) mass is 492 g/mol. The Morgan fingerprint density at radius 2 is 1.91 bits per heavy atom. The number of H-pyrrole nitrogens is 1. The molecule has 4 N–H and O–H groups in total. The molecular weight excluding hydrogens is 464 g/mol. The molecule has 0 spiro atoms. The molecule has 2 fully saturated rings. The van der Waals surface area contributed by atoms with Crippen molar-refractivity contribution >= 4 is 21.7 Å². The predicted octanol–water partition coefficient (Wildman–Crippen LogP) is 2.95. The molecule has 2 aliphatic carbocycles. The zero-order valence-electron chi connectivity index (χ0n) is 19.2. The normalized spacial score (nSPS) is 22.4. The molecule has 0 bridgehead atoms. The lowest BCUT2D eigenvalue weighted by atomic mass is 9.83. The number of hydrogen-bond acceptors (Lipinski definition) is 8. The van der Waals surface area contributed by atoms with Crippen molar-refractivity contribution in [1.29, 1.82) is 5.26 Å². The Bertz CT molecular complexity index is 1300. The van der Waals surface area contributed by atoms with Crippen LogP contribution in [0.3, 0.4) is 0 Å². The van der Waals surface area contributed by atoms with Gasteiger partial charge in [-0.1, -0.05) is 18.2 Å². The lowest BCUT2D eigenvalue weighted by Gasteiger charge is -2.33. The van der Waals surface area contributed by atoms with Crippen molar-refractivity contribution in [2.45, 2.75) is 61.5 Å². The number of nitrogens with zero attached hydrogens (tertiary/aromatic N) is 4. The van der Waals surface area contributed by atoms with Crippen LogP contribution in [-0.2, 0) is 16.6 Å². The maximum absolute atomic E-state index is 12.6. The first kappa shape index (κ1) is 23.4. The molecule has 2 aromatic heterocycles. The lowest BCUT2D eigenvalue weighted by molar-refractivity contribution is 0.273. The second kappa shape index (κ2) is 10.1. The van der Waals surface area contributed by atoms with Crippen molar-refractivity contribution in [3.8, 4) is 6.07 Å². The largest absolute Gasteiger partial charge is 0.323 e. The summed E-state index contributed by atoms with van der Waals surface area (Å²) in [4.78, 5) is 9.13. The van der Waals surface area contributed by atoms with E-state index < -0.39 is 10.0 Å². The lowest BCUT2D eigenvalue weighted by Crippen LogP contribution is -2.46. The number of anilines is 2. The third-order valence-electron chi connectivity index (χ3n) is 6.49. The highest BCUT2D eigenvalue weighted by molar-refractivity contribution is 7.89. The number of nitrogens with one attached hydrogen (secondary N) is 4. The van der Waals surface area contributed by atoms with Gasteiger partial charge in [0.25, 0.3) is 0 Å². The summed E-state index contributed by atoms with van der Waals surface area (Å²) in [5, 5.41) is 23.7. The Morgan fingerprint density at radius 1 is 1.09 bits per heavy atom. The smallest absolute Gasteiger partial charge is 0.240 e. The molecule has 182 valence electrons. The van der Waals surface area contributed by atoms with E-state index in [1.807, 2.05) is 6.07 Å². The predicted molar refractivity (Wildman–Crippen MR) is 130 cm³/mol. The van der Waals surface area contributed by atoms with Gasteiger partial charge in [0.2, 0.25) is 10.0 Å². The van der Waals surface area contributed by atoms with E-state index in [0.717, 1.165) is 11.5 Å². The molecule has 0 unspecified atom stereocenters. The summed E-state index contributed by atoms with van der Waals surface area (Å²) in [6.45, 7) is 0.409. The number of nitriles is 1. The molecule has 35 heavy (non-hydrogen) atoms. The van der Waals surface area contributed by atoms with Gasteiger partial charge in [0.05, 0.1) is 23.4 Å². The van der Waals surface area contributed by atoms with Crippen LogP contribution in [0.4, 0.5) is 11.6 Å². The number of rotatable bonds is 9. The van der Waals surface area contributed by atoms with Crippen LogP contribution in [0.2, 0.25) is 0 Å². The summed E-state index contributed by atoms with van der Waals surface area (Å²) in [6, 6.07) is 14.1.